The lowest BCUT2D eigenvalue weighted by Crippen LogP contribution is -2.60. The maximum atomic E-state index is 13.0. The number of ether oxygens (including phenoxy) is 2. The molecule has 1 heterocycles. The number of amides is 1. The first kappa shape index (κ1) is 48.9. The summed E-state index contributed by atoms with van der Waals surface area (Å²) in [5.41, 5.74) is 0. The van der Waals surface area contributed by atoms with Crippen molar-refractivity contribution in [3.8, 4) is 0 Å². The van der Waals surface area contributed by atoms with Gasteiger partial charge in [-0.05, 0) is 38.5 Å². The van der Waals surface area contributed by atoms with Crippen LogP contribution in [0.3, 0.4) is 0 Å². The molecule has 9 unspecified atom stereocenters. The lowest BCUT2D eigenvalue weighted by Gasteiger charge is -2.40. The summed E-state index contributed by atoms with van der Waals surface area (Å²) in [6.07, 6.45) is 20.1. The number of hydrogen-bond donors (Lipinski definition) is 8. The Balaban J connectivity index is 2.45. The third kappa shape index (κ3) is 22.3. The van der Waals surface area contributed by atoms with E-state index in [1.807, 2.05) is 0 Å². The van der Waals surface area contributed by atoms with Gasteiger partial charge < -0.3 is 50.5 Å². The first-order valence-electron chi connectivity index (χ1n) is 21.1. The predicted molar refractivity (Wildman–Crippen MR) is 206 cm³/mol. The first-order valence-corrected chi connectivity index (χ1v) is 21.1. The molecule has 0 saturated carbocycles. The number of carbonyl (C=O) groups is 1. The van der Waals surface area contributed by atoms with E-state index < -0.39 is 74.2 Å². The molecule has 9 atom stereocenters. The Hall–Kier alpha value is -1.15. The number of allylic oxidation sites excluding steroid dienone is 2. The van der Waals surface area contributed by atoms with E-state index in [4.69, 9.17) is 9.47 Å². The summed E-state index contributed by atoms with van der Waals surface area (Å²) in [6, 6.07) is -1.18. The monoisotopic (exact) mass is 746 g/mol. The van der Waals surface area contributed by atoms with Gasteiger partial charge in [-0.3, -0.25) is 4.79 Å². The van der Waals surface area contributed by atoms with E-state index in [2.05, 4.69) is 31.3 Å². The van der Waals surface area contributed by atoms with Gasteiger partial charge in [-0.2, -0.15) is 0 Å². The van der Waals surface area contributed by atoms with Crippen LogP contribution in [0.4, 0.5) is 0 Å². The second kappa shape index (κ2) is 32.1. The minimum atomic E-state index is -1.66. The van der Waals surface area contributed by atoms with Gasteiger partial charge in [0.15, 0.2) is 6.29 Å². The molecule has 1 amide bonds. The second-order valence-electron chi connectivity index (χ2n) is 15.1. The Morgan fingerprint density at radius 2 is 1.13 bits per heavy atom. The van der Waals surface area contributed by atoms with Crippen molar-refractivity contribution in [2.75, 3.05) is 13.2 Å². The van der Waals surface area contributed by atoms with E-state index in [0.717, 1.165) is 44.9 Å². The van der Waals surface area contributed by atoms with Crippen LogP contribution in [0, 0.1) is 0 Å². The summed E-state index contributed by atoms with van der Waals surface area (Å²) in [7, 11) is 0. The van der Waals surface area contributed by atoms with Crippen molar-refractivity contribution in [2.24, 2.45) is 0 Å². The molecule has 1 fully saturated rings. The Labute approximate surface area is 315 Å². The maximum Gasteiger partial charge on any atom is 0.249 e. The highest BCUT2D eigenvalue weighted by Crippen LogP contribution is 2.23. The molecule has 0 aromatic heterocycles. The number of unbranched alkanes of at least 4 members (excludes halogenated alkanes) is 20. The van der Waals surface area contributed by atoms with Crippen LogP contribution in [0.25, 0.3) is 0 Å². The summed E-state index contributed by atoms with van der Waals surface area (Å²) in [5.74, 6) is -0.708. The van der Waals surface area contributed by atoms with E-state index in [-0.39, 0.29) is 12.8 Å². The Bertz CT molecular complexity index is 861. The Morgan fingerprint density at radius 1 is 0.654 bits per heavy atom. The van der Waals surface area contributed by atoms with Gasteiger partial charge in [-0.15, -0.1) is 0 Å². The van der Waals surface area contributed by atoms with Crippen LogP contribution in [-0.4, -0.2) is 110 Å². The van der Waals surface area contributed by atoms with Crippen molar-refractivity contribution < 1.29 is 50.0 Å². The van der Waals surface area contributed by atoms with Crippen molar-refractivity contribution >= 4 is 5.91 Å². The fourth-order valence-corrected chi connectivity index (χ4v) is 6.73. The van der Waals surface area contributed by atoms with Crippen LogP contribution in [0.5, 0.6) is 0 Å². The summed E-state index contributed by atoms with van der Waals surface area (Å²) < 4.78 is 11.0. The van der Waals surface area contributed by atoms with E-state index in [9.17, 15) is 40.5 Å². The molecule has 11 nitrogen and oxygen atoms in total. The molecular weight excluding hydrogens is 666 g/mol. The lowest BCUT2D eigenvalue weighted by molar-refractivity contribution is -0.303. The molecule has 52 heavy (non-hydrogen) atoms. The third-order valence-corrected chi connectivity index (χ3v) is 10.3. The van der Waals surface area contributed by atoms with Gasteiger partial charge in [0, 0.05) is 0 Å². The summed E-state index contributed by atoms with van der Waals surface area (Å²) >= 11 is 0. The predicted octanol–water partition coefficient (Wildman–Crippen LogP) is 5.72. The van der Waals surface area contributed by atoms with E-state index in [0.29, 0.717) is 12.8 Å². The van der Waals surface area contributed by atoms with Crippen molar-refractivity contribution in [1.82, 2.24) is 5.32 Å². The average Bonchev–Trinajstić information content (AvgIpc) is 3.14. The quantitative estimate of drug-likeness (QED) is 0.0299. The van der Waals surface area contributed by atoms with Crippen LogP contribution in [0.1, 0.15) is 174 Å². The molecule has 8 N–H and O–H groups in total. The van der Waals surface area contributed by atoms with Gasteiger partial charge in [-0.1, -0.05) is 148 Å². The van der Waals surface area contributed by atoms with Crippen LogP contribution >= 0.6 is 0 Å². The zero-order valence-corrected chi connectivity index (χ0v) is 32.8. The van der Waals surface area contributed by atoms with Crippen molar-refractivity contribution in [1.29, 1.82) is 0 Å². The van der Waals surface area contributed by atoms with Crippen LogP contribution in [0.15, 0.2) is 12.2 Å². The molecule has 1 aliphatic rings. The third-order valence-electron chi connectivity index (χ3n) is 10.3. The minimum Gasteiger partial charge on any atom is -0.394 e. The molecule has 11 heteroatoms. The second-order valence-corrected chi connectivity index (χ2v) is 15.1. The number of aliphatic hydroxyl groups is 7. The van der Waals surface area contributed by atoms with E-state index in [1.54, 1.807) is 0 Å². The molecule has 1 saturated heterocycles. The molecule has 0 aliphatic carbocycles. The van der Waals surface area contributed by atoms with Crippen LogP contribution in [-0.2, 0) is 14.3 Å². The minimum absolute atomic E-state index is 0.258. The molecule has 0 aromatic rings. The molecule has 0 radical (unpaired) electrons. The van der Waals surface area contributed by atoms with Crippen LogP contribution < -0.4 is 5.32 Å². The lowest BCUT2D eigenvalue weighted by atomic mass is 9.98. The molecule has 0 spiro atoms. The molecule has 0 bridgehead atoms. The fraction of sp³-hybridized carbons (Fsp3) is 0.927. The number of hydrogen-bond acceptors (Lipinski definition) is 10. The topological polar surface area (TPSA) is 189 Å². The normalized spacial score (nSPS) is 23.1. The average molecular weight is 746 g/mol. The number of nitrogens with one attached hydrogen (secondary N) is 1. The van der Waals surface area contributed by atoms with E-state index in [1.165, 1.54) is 89.9 Å². The van der Waals surface area contributed by atoms with Gasteiger partial charge in [0.1, 0.15) is 36.6 Å². The smallest absolute Gasteiger partial charge is 0.249 e. The largest absolute Gasteiger partial charge is 0.394 e. The zero-order valence-electron chi connectivity index (χ0n) is 32.8. The number of carbonyl (C=O) groups excluding carboxylic acids is 1. The summed E-state index contributed by atoms with van der Waals surface area (Å²) in [5, 5.41) is 75.1. The van der Waals surface area contributed by atoms with E-state index >= 15 is 0 Å². The van der Waals surface area contributed by atoms with Gasteiger partial charge in [-0.25, -0.2) is 0 Å². The van der Waals surface area contributed by atoms with Gasteiger partial charge in [0.05, 0.1) is 25.4 Å². The SMILES string of the molecule is CCCCC/C=C/CCCC(O)C(O)C(COC1OC(CO)C(O)C(O)C1O)NC(=O)C(O)CCCCCCCCCCCCCCCCCCC. The first-order chi connectivity index (χ1) is 25.2. The zero-order chi connectivity index (χ0) is 38.4. The molecular formula is C41H79NO10. The fourth-order valence-electron chi connectivity index (χ4n) is 6.73. The molecule has 0 aromatic carbocycles. The van der Waals surface area contributed by atoms with Gasteiger partial charge in [0.2, 0.25) is 5.91 Å². The van der Waals surface area contributed by atoms with Crippen molar-refractivity contribution in [3.63, 3.8) is 0 Å². The van der Waals surface area contributed by atoms with Crippen molar-refractivity contribution in [2.45, 2.75) is 229 Å². The molecule has 1 aliphatic heterocycles. The van der Waals surface area contributed by atoms with Crippen LogP contribution in [0.2, 0.25) is 0 Å². The van der Waals surface area contributed by atoms with Gasteiger partial charge in [0.25, 0.3) is 0 Å². The molecule has 1 rings (SSSR count). The Kier molecular flexibility index (Phi) is 30.2. The van der Waals surface area contributed by atoms with Gasteiger partial charge >= 0.3 is 0 Å². The maximum absolute atomic E-state index is 13.0. The van der Waals surface area contributed by atoms with Crippen molar-refractivity contribution in [3.05, 3.63) is 12.2 Å². The summed E-state index contributed by atoms with van der Waals surface area (Å²) in [6.45, 7) is 3.34. The standard InChI is InChI=1S/C41H79NO10/c1-3-5-7-9-11-13-14-15-16-17-18-19-20-21-23-25-27-29-34(45)40(50)42-32(31-51-41-39(49)38(48)37(47)35(30-43)52-41)36(46)33(44)28-26-24-22-12-10-8-6-4-2/h12,22,32-39,41,43-49H,3-11,13-21,23-31H2,1-2H3,(H,42,50)/b22-12+. The highest BCUT2D eigenvalue weighted by molar-refractivity contribution is 5.80. The number of rotatable bonds is 34. The number of aliphatic hydroxyl groups excluding tert-OH is 7. The Morgan fingerprint density at radius 3 is 1.65 bits per heavy atom. The summed E-state index contributed by atoms with van der Waals surface area (Å²) in [4.78, 5) is 13.0. The molecule has 308 valence electrons. The highest BCUT2D eigenvalue weighted by atomic mass is 16.7. The highest BCUT2D eigenvalue weighted by Gasteiger charge is 2.44.